The van der Waals surface area contributed by atoms with Crippen molar-refractivity contribution in [2.75, 3.05) is 7.05 Å². The predicted octanol–water partition coefficient (Wildman–Crippen LogP) is 3.02. The lowest BCUT2D eigenvalue weighted by atomic mass is 9.84. The normalized spacial score (nSPS) is 14.2. The zero-order valence-corrected chi connectivity index (χ0v) is 11.2. The first-order valence-electron chi connectivity index (χ1n) is 5.51. The van der Waals surface area contributed by atoms with Gasteiger partial charge in [-0.1, -0.05) is 20.8 Å². The summed E-state index contributed by atoms with van der Waals surface area (Å²) in [5.74, 6) is 0. The fraction of sp³-hybridized carbons (Fsp3) is 0.750. The molecule has 1 aromatic heterocycles. The van der Waals surface area contributed by atoms with E-state index in [1.807, 2.05) is 7.05 Å². The van der Waals surface area contributed by atoms with Crippen LogP contribution in [0.2, 0.25) is 0 Å². The maximum atomic E-state index is 4.49. The van der Waals surface area contributed by atoms with E-state index in [2.05, 4.69) is 43.4 Å². The number of nitrogens with zero attached hydrogens (tertiary/aromatic N) is 1. The fourth-order valence-electron chi connectivity index (χ4n) is 1.80. The number of hydrogen-bond donors (Lipinski definition) is 1. The van der Waals surface area contributed by atoms with Crippen LogP contribution in [0.15, 0.2) is 5.38 Å². The minimum Gasteiger partial charge on any atom is -0.316 e. The molecule has 0 spiro atoms. The van der Waals surface area contributed by atoms with E-state index in [0.717, 1.165) is 18.5 Å². The average molecular weight is 226 g/mol. The van der Waals surface area contributed by atoms with Gasteiger partial charge < -0.3 is 5.32 Å². The highest BCUT2D eigenvalue weighted by molar-refractivity contribution is 7.09. The second kappa shape index (κ2) is 5.08. The molecule has 0 aliphatic heterocycles. The molecule has 0 amide bonds. The Bertz CT molecular complexity index is 299. The first-order chi connectivity index (χ1) is 6.93. The Morgan fingerprint density at radius 2 is 2.13 bits per heavy atom. The summed E-state index contributed by atoms with van der Waals surface area (Å²) in [6.07, 6.45) is 2.24. The maximum Gasteiger partial charge on any atom is 0.0928 e. The summed E-state index contributed by atoms with van der Waals surface area (Å²) in [6, 6.07) is 0.557. The zero-order chi connectivity index (χ0) is 11.5. The third kappa shape index (κ3) is 3.92. The van der Waals surface area contributed by atoms with Crippen LogP contribution in [0.25, 0.3) is 0 Å². The molecule has 0 bridgehead atoms. The largest absolute Gasteiger partial charge is 0.316 e. The lowest BCUT2D eigenvalue weighted by Gasteiger charge is -2.30. The van der Waals surface area contributed by atoms with Gasteiger partial charge in [-0.3, -0.25) is 0 Å². The van der Waals surface area contributed by atoms with Crippen molar-refractivity contribution in [2.45, 2.75) is 46.6 Å². The first kappa shape index (κ1) is 12.7. The Morgan fingerprint density at radius 1 is 1.47 bits per heavy atom. The van der Waals surface area contributed by atoms with Gasteiger partial charge >= 0.3 is 0 Å². The van der Waals surface area contributed by atoms with Gasteiger partial charge in [0.2, 0.25) is 0 Å². The molecule has 0 aliphatic rings. The number of nitrogens with one attached hydrogen (secondary N) is 1. The van der Waals surface area contributed by atoms with E-state index < -0.39 is 0 Å². The van der Waals surface area contributed by atoms with E-state index in [-0.39, 0.29) is 0 Å². The van der Waals surface area contributed by atoms with Crippen LogP contribution in [0.5, 0.6) is 0 Å². The molecule has 0 aliphatic carbocycles. The van der Waals surface area contributed by atoms with Gasteiger partial charge in [-0.2, -0.15) is 0 Å². The fourth-order valence-corrected chi connectivity index (χ4v) is 2.59. The summed E-state index contributed by atoms with van der Waals surface area (Å²) in [4.78, 5) is 4.49. The second-order valence-corrected chi connectivity index (χ2v) is 6.07. The van der Waals surface area contributed by atoms with Crippen LogP contribution < -0.4 is 5.32 Å². The minimum atomic E-state index is 0.320. The van der Waals surface area contributed by atoms with Crippen molar-refractivity contribution < 1.29 is 0 Å². The maximum absolute atomic E-state index is 4.49. The molecule has 0 aromatic carbocycles. The molecule has 1 N–H and O–H groups in total. The topological polar surface area (TPSA) is 24.9 Å². The summed E-state index contributed by atoms with van der Waals surface area (Å²) < 4.78 is 0. The monoisotopic (exact) mass is 226 g/mol. The van der Waals surface area contributed by atoms with Crippen LogP contribution in [-0.2, 0) is 6.42 Å². The van der Waals surface area contributed by atoms with Gasteiger partial charge in [0.1, 0.15) is 0 Å². The van der Waals surface area contributed by atoms with Crippen LogP contribution >= 0.6 is 11.3 Å². The molecule has 0 saturated carbocycles. The molecular weight excluding hydrogens is 204 g/mol. The van der Waals surface area contributed by atoms with Gasteiger partial charge in [-0.15, -0.1) is 11.3 Å². The van der Waals surface area contributed by atoms with Crippen LogP contribution in [0.4, 0.5) is 0 Å². The highest BCUT2D eigenvalue weighted by Gasteiger charge is 2.22. The van der Waals surface area contributed by atoms with Gasteiger partial charge in [-0.05, 0) is 25.8 Å². The number of hydrogen-bond acceptors (Lipinski definition) is 3. The summed E-state index contributed by atoms with van der Waals surface area (Å²) in [6.45, 7) is 8.89. The number of aromatic nitrogens is 1. The SMILES string of the molecule is CNC(CCc1nc(C)cs1)C(C)(C)C. The Balaban J connectivity index is 2.48. The standard InChI is InChI=1S/C12H22N2S/c1-9-8-15-11(14-9)7-6-10(13-5)12(2,3)4/h8,10,13H,6-7H2,1-5H3. The molecule has 0 saturated heterocycles. The lowest BCUT2D eigenvalue weighted by molar-refractivity contribution is 0.268. The third-order valence-electron chi connectivity index (χ3n) is 2.71. The van der Waals surface area contributed by atoms with Crippen LogP contribution in [0, 0.1) is 12.3 Å². The van der Waals surface area contributed by atoms with E-state index >= 15 is 0 Å². The van der Waals surface area contributed by atoms with E-state index in [4.69, 9.17) is 0 Å². The van der Waals surface area contributed by atoms with Crippen molar-refractivity contribution in [3.63, 3.8) is 0 Å². The van der Waals surface area contributed by atoms with Crippen molar-refractivity contribution in [3.05, 3.63) is 16.1 Å². The summed E-state index contributed by atoms with van der Waals surface area (Å²) in [5, 5.41) is 6.78. The Morgan fingerprint density at radius 3 is 2.53 bits per heavy atom. The molecule has 3 heteroatoms. The van der Waals surface area contributed by atoms with E-state index in [9.17, 15) is 0 Å². The molecule has 1 unspecified atom stereocenters. The van der Waals surface area contributed by atoms with Gasteiger partial charge in [0, 0.05) is 23.5 Å². The summed E-state index contributed by atoms with van der Waals surface area (Å²) >= 11 is 1.77. The number of rotatable bonds is 4. The molecule has 1 aromatic rings. The highest BCUT2D eigenvalue weighted by atomic mass is 32.1. The average Bonchev–Trinajstić information content (AvgIpc) is 2.50. The van der Waals surface area contributed by atoms with Gasteiger partial charge in [0.05, 0.1) is 5.01 Å². The van der Waals surface area contributed by atoms with Crippen LogP contribution in [0.1, 0.15) is 37.9 Å². The minimum absolute atomic E-state index is 0.320. The number of aryl methyl sites for hydroxylation is 2. The van der Waals surface area contributed by atoms with Crippen molar-refractivity contribution in [1.29, 1.82) is 0 Å². The van der Waals surface area contributed by atoms with Gasteiger partial charge in [0.25, 0.3) is 0 Å². The lowest BCUT2D eigenvalue weighted by Crippen LogP contribution is -2.38. The van der Waals surface area contributed by atoms with Gasteiger partial charge in [0.15, 0.2) is 0 Å². The Labute approximate surface area is 97.1 Å². The predicted molar refractivity (Wildman–Crippen MR) is 67.5 cm³/mol. The van der Waals surface area contributed by atoms with E-state index in [1.54, 1.807) is 11.3 Å². The van der Waals surface area contributed by atoms with Gasteiger partial charge in [-0.25, -0.2) is 4.98 Å². The van der Waals surface area contributed by atoms with Crippen molar-refractivity contribution >= 4 is 11.3 Å². The van der Waals surface area contributed by atoms with Crippen molar-refractivity contribution in [1.82, 2.24) is 10.3 Å². The van der Waals surface area contributed by atoms with Crippen LogP contribution in [-0.4, -0.2) is 18.1 Å². The van der Waals surface area contributed by atoms with E-state index in [0.29, 0.717) is 11.5 Å². The molecule has 2 nitrogen and oxygen atoms in total. The van der Waals surface area contributed by atoms with Crippen molar-refractivity contribution in [2.24, 2.45) is 5.41 Å². The summed E-state index contributed by atoms with van der Waals surface area (Å²) in [5.41, 5.74) is 1.47. The molecule has 1 rings (SSSR count). The molecule has 1 heterocycles. The molecule has 15 heavy (non-hydrogen) atoms. The van der Waals surface area contributed by atoms with E-state index in [1.165, 1.54) is 5.01 Å². The third-order valence-corrected chi connectivity index (χ3v) is 3.73. The highest BCUT2D eigenvalue weighted by Crippen LogP contribution is 2.23. The number of thiazole rings is 1. The Kier molecular flexibility index (Phi) is 4.29. The van der Waals surface area contributed by atoms with Crippen molar-refractivity contribution in [3.8, 4) is 0 Å². The first-order valence-corrected chi connectivity index (χ1v) is 6.39. The molecule has 1 atom stereocenters. The Hall–Kier alpha value is -0.410. The molecular formula is C12H22N2S. The zero-order valence-electron chi connectivity index (χ0n) is 10.4. The summed E-state index contributed by atoms with van der Waals surface area (Å²) in [7, 11) is 2.04. The smallest absolute Gasteiger partial charge is 0.0928 e. The van der Waals surface area contributed by atoms with Crippen LogP contribution in [0.3, 0.4) is 0 Å². The molecule has 0 fully saturated rings. The molecule has 86 valence electrons. The molecule has 0 radical (unpaired) electrons. The quantitative estimate of drug-likeness (QED) is 0.853. The second-order valence-electron chi connectivity index (χ2n) is 5.13.